The average molecular weight is 279 g/mol. The van der Waals surface area contributed by atoms with Gasteiger partial charge in [0.05, 0.1) is 24.4 Å². The molecule has 0 bridgehead atoms. The molecule has 4 heteroatoms. The second-order valence-corrected chi connectivity index (χ2v) is 5.28. The third-order valence-corrected chi connectivity index (χ3v) is 3.60. The summed E-state index contributed by atoms with van der Waals surface area (Å²) in [4.78, 5) is 3.07. The number of thiocarbonyl (C=S) groups is 1. The maximum absolute atomic E-state index is 5.75. The third-order valence-electron chi connectivity index (χ3n) is 3.12. The van der Waals surface area contributed by atoms with Gasteiger partial charge < -0.3 is 14.4 Å². The van der Waals surface area contributed by atoms with Gasteiger partial charge in [0, 0.05) is 13.1 Å². The first-order valence-electron chi connectivity index (χ1n) is 6.78. The average Bonchev–Trinajstić information content (AvgIpc) is 2.38. The Labute approximate surface area is 120 Å². The number of benzene rings is 1. The van der Waals surface area contributed by atoms with E-state index in [1.807, 2.05) is 31.2 Å². The number of hydrogen-bond acceptors (Lipinski definition) is 3. The predicted octanol–water partition coefficient (Wildman–Crippen LogP) is 2.87. The van der Waals surface area contributed by atoms with Crippen LogP contribution in [-0.2, 0) is 4.74 Å². The number of ether oxygens (including phenoxy) is 2. The highest BCUT2D eigenvalue weighted by Gasteiger charge is 2.25. The zero-order chi connectivity index (χ0) is 13.8. The molecular weight excluding hydrogens is 258 g/mol. The molecule has 104 valence electrons. The normalized spacial score (nSPS) is 23.2. The van der Waals surface area contributed by atoms with Crippen LogP contribution in [0.25, 0.3) is 0 Å². The molecule has 1 aliphatic heterocycles. The van der Waals surface area contributed by atoms with Crippen molar-refractivity contribution in [1.29, 1.82) is 0 Å². The van der Waals surface area contributed by atoms with E-state index in [9.17, 15) is 0 Å². The number of para-hydroxylation sites is 1. The van der Waals surface area contributed by atoms with Crippen LogP contribution in [0.4, 0.5) is 0 Å². The summed E-state index contributed by atoms with van der Waals surface area (Å²) in [7, 11) is 0. The molecule has 1 aromatic rings. The van der Waals surface area contributed by atoms with E-state index in [0.29, 0.717) is 6.61 Å². The van der Waals surface area contributed by atoms with Crippen molar-refractivity contribution in [3.63, 3.8) is 0 Å². The summed E-state index contributed by atoms with van der Waals surface area (Å²) >= 11 is 5.64. The second kappa shape index (κ2) is 6.35. The van der Waals surface area contributed by atoms with E-state index < -0.39 is 0 Å². The Morgan fingerprint density at radius 1 is 1.32 bits per heavy atom. The second-order valence-electron chi connectivity index (χ2n) is 4.90. The molecule has 2 atom stereocenters. The van der Waals surface area contributed by atoms with Gasteiger partial charge in [-0.1, -0.05) is 24.4 Å². The number of hydrogen-bond donors (Lipinski definition) is 0. The zero-order valence-electron chi connectivity index (χ0n) is 11.8. The molecule has 0 aromatic heterocycles. The van der Waals surface area contributed by atoms with Gasteiger partial charge in [-0.05, 0) is 32.9 Å². The molecule has 0 aliphatic carbocycles. The van der Waals surface area contributed by atoms with Crippen LogP contribution in [0.1, 0.15) is 26.3 Å². The first kappa shape index (κ1) is 14.3. The fraction of sp³-hybridized carbons (Fsp3) is 0.533. The SMILES string of the molecule is CCOc1ccccc1C(=S)N1C[C@@H](C)O[C@H](C)C1. The van der Waals surface area contributed by atoms with E-state index in [2.05, 4.69) is 18.7 Å². The quantitative estimate of drug-likeness (QED) is 0.793. The highest BCUT2D eigenvalue weighted by atomic mass is 32.1. The minimum absolute atomic E-state index is 0.209. The van der Waals surface area contributed by atoms with Gasteiger partial charge in [0.25, 0.3) is 0 Å². The standard InChI is InChI=1S/C15H21NO2S/c1-4-17-14-8-6-5-7-13(14)15(19)16-9-11(2)18-12(3)10-16/h5-8,11-12H,4,9-10H2,1-3H3/t11-,12-/m1/s1. The van der Waals surface area contributed by atoms with Crippen LogP contribution in [0.2, 0.25) is 0 Å². The Morgan fingerprint density at radius 3 is 2.58 bits per heavy atom. The first-order chi connectivity index (χ1) is 9.11. The third kappa shape index (κ3) is 3.45. The summed E-state index contributed by atoms with van der Waals surface area (Å²) < 4.78 is 11.4. The lowest BCUT2D eigenvalue weighted by Gasteiger charge is -2.37. The lowest BCUT2D eigenvalue weighted by molar-refractivity contribution is -0.0472. The van der Waals surface area contributed by atoms with Gasteiger partial charge in [-0.3, -0.25) is 0 Å². The van der Waals surface area contributed by atoms with Gasteiger partial charge in [-0.2, -0.15) is 0 Å². The van der Waals surface area contributed by atoms with Crippen LogP contribution in [0, 0.1) is 0 Å². The Balaban J connectivity index is 2.19. The van der Waals surface area contributed by atoms with E-state index in [1.54, 1.807) is 0 Å². The molecule has 2 rings (SSSR count). The molecule has 0 saturated carbocycles. The van der Waals surface area contributed by atoms with Crippen molar-refractivity contribution in [3.05, 3.63) is 29.8 Å². The molecule has 1 saturated heterocycles. The summed E-state index contributed by atoms with van der Waals surface area (Å²) in [5, 5.41) is 0. The van der Waals surface area contributed by atoms with Crippen LogP contribution >= 0.6 is 12.2 Å². The summed E-state index contributed by atoms with van der Waals surface area (Å²) in [6.07, 6.45) is 0.418. The minimum Gasteiger partial charge on any atom is -0.493 e. The van der Waals surface area contributed by atoms with E-state index in [0.717, 1.165) is 29.4 Å². The molecule has 1 fully saturated rings. The fourth-order valence-electron chi connectivity index (χ4n) is 2.44. The molecule has 0 amide bonds. The zero-order valence-corrected chi connectivity index (χ0v) is 12.6. The van der Waals surface area contributed by atoms with Gasteiger partial charge in [-0.15, -0.1) is 0 Å². The smallest absolute Gasteiger partial charge is 0.129 e. The summed E-state index contributed by atoms with van der Waals surface area (Å²) in [5.74, 6) is 0.863. The fourth-order valence-corrected chi connectivity index (χ4v) is 2.76. The lowest BCUT2D eigenvalue weighted by Crippen LogP contribution is -2.47. The van der Waals surface area contributed by atoms with E-state index in [4.69, 9.17) is 21.7 Å². The molecular formula is C15H21NO2S. The molecule has 1 heterocycles. The lowest BCUT2D eigenvalue weighted by atomic mass is 10.1. The summed E-state index contributed by atoms with van der Waals surface area (Å²) in [6, 6.07) is 7.97. The van der Waals surface area contributed by atoms with Crippen molar-refractivity contribution in [2.24, 2.45) is 0 Å². The van der Waals surface area contributed by atoms with Crippen molar-refractivity contribution in [2.45, 2.75) is 33.0 Å². The molecule has 0 spiro atoms. The molecule has 1 aliphatic rings. The largest absolute Gasteiger partial charge is 0.493 e. The molecule has 3 nitrogen and oxygen atoms in total. The van der Waals surface area contributed by atoms with Gasteiger partial charge in [0.15, 0.2) is 0 Å². The number of nitrogens with zero attached hydrogens (tertiary/aromatic N) is 1. The van der Waals surface area contributed by atoms with Crippen molar-refractivity contribution >= 4 is 17.2 Å². The highest BCUT2D eigenvalue weighted by molar-refractivity contribution is 7.80. The van der Waals surface area contributed by atoms with Gasteiger partial charge in [0.2, 0.25) is 0 Å². The molecule has 0 N–H and O–H groups in total. The topological polar surface area (TPSA) is 21.7 Å². The molecule has 0 radical (unpaired) electrons. The Kier molecular flexibility index (Phi) is 4.77. The van der Waals surface area contributed by atoms with Gasteiger partial charge >= 0.3 is 0 Å². The Hall–Kier alpha value is -1.13. The number of morpholine rings is 1. The van der Waals surface area contributed by atoms with Crippen LogP contribution in [0.15, 0.2) is 24.3 Å². The van der Waals surface area contributed by atoms with Crippen molar-refractivity contribution in [3.8, 4) is 5.75 Å². The molecule has 19 heavy (non-hydrogen) atoms. The van der Waals surface area contributed by atoms with Crippen molar-refractivity contribution < 1.29 is 9.47 Å². The van der Waals surface area contributed by atoms with Gasteiger partial charge in [0.1, 0.15) is 10.7 Å². The summed E-state index contributed by atoms with van der Waals surface area (Å²) in [6.45, 7) is 8.47. The first-order valence-corrected chi connectivity index (χ1v) is 7.19. The van der Waals surface area contributed by atoms with E-state index >= 15 is 0 Å². The summed E-state index contributed by atoms with van der Waals surface area (Å²) in [5.41, 5.74) is 1.00. The highest BCUT2D eigenvalue weighted by Crippen LogP contribution is 2.23. The molecule has 0 unspecified atom stereocenters. The predicted molar refractivity (Wildman–Crippen MR) is 80.9 cm³/mol. The monoisotopic (exact) mass is 279 g/mol. The Bertz CT molecular complexity index is 440. The Morgan fingerprint density at radius 2 is 1.95 bits per heavy atom. The maximum Gasteiger partial charge on any atom is 0.129 e. The van der Waals surface area contributed by atoms with Crippen LogP contribution in [0.3, 0.4) is 0 Å². The minimum atomic E-state index is 0.209. The maximum atomic E-state index is 5.75. The van der Waals surface area contributed by atoms with E-state index in [1.165, 1.54) is 0 Å². The van der Waals surface area contributed by atoms with Gasteiger partial charge in [-0.25, -0.2) is 0 Å². The molecule has 1 aromatic carbocycles. The van der Waals surface area contributed by atoms with Crippen LogP contribution in [0.5, 0.6) is 5.75 Å². The van der Waals surface area contributed by atoms with Crippen molar-refractivity contribution in [1.82, 2.24) is 4.90 Å². The van der Waals surface area contributed by atoms with Crippen molar-refractivity contribution in [2.75, 3.05) is 19.7 Å². The van der Waals surface area contributed by atoms with Crippen LogP contribution < -0.4 is 4.74 Å². The number of rotatable bonds is 3. The van der Waals surface area contributed by atoms with Crippen LogP contribution in [-0.4, -0.2) is 41.8 Å². The van der Waals surface area contributed by atoms with E-state index in [-0.39, 0.29) is 12.2 Å².